The first-order valence-corrected chi connectivity index (χ1v) is 37.7. The van der Waals surface area contributed by atoms with Crippen LogP contribution in [0.3, 0.4) is 0 Å². The summed E-state index contributed by atoms with van der Waals surface area (Å²) in [6, 6.07) is 77.3. The van der Waals surface area contributed by atoms with Crippen LogP contribution in [-0.2, 0) is 60.5 Å². The maximum atomic E-state index is 12.6. The van der Waals surface area contributed by atoms with Crippen molar-refractivity contribution in [2.45, 2.75) is 195 Å². The zero-order chi connectivity index (χ0) is 72.3. The van der Waals surface area contributed by atoms with Crippen molar-refractivity contribution in [3.8, 4) is 0 Å². The van der Waals surface area contributed by atoms with Gasteiger partial charge in [-0.15, -0.1) is 0 Å². The van der Waals surface area contributed by atoms with Crippen LogP contribution in [0.1, 0.15) is 195 Å². The van der Waals surface area contributed by atoms with Crippen molar-refractivity contribution in [2.24, 2.45) is 23.7 Å². The molecule has 0 radical (unpaired) electrons. The van der Waals surface area contributed by atoms with Gasteiger partial charge in [0.05, 0.1) is 23.7 Å². The lowest BCUT2D eigenvalue weighted by molar-refractivity contribution is -0.170. The molecule has 0 amide bonds. The number of fused-ring (bicyclic) bond motifs is 8. The van der Waals surface area contributed by atoms with Crippen LogP contribution < -0.4 is 0 Å². The van der Waals surface area contributed by atoms with Crippen LogP contribution in [0.4, 0.5) is 0 Å². The first-order chi connectivity index (χ1) is 49.1. The summed E-state index contributed by atoms with van der Waals surface area (Å²) in [5, 5.41) is 19.6. The van der Waals surface area contributed by atoms with Gasteiger partial charge in [-0.3, -0.25) is 19.2 Å². The van der Waals surface area contributed by atoms with Gasteiger partial charge in [0.25, 0.3) is 0 Å². The Hall–Kier alpha value is -9.40. The van der Waals surface area contributed by atoms with Gasteiger partial charge in [-0.1, -0.05) is 214 Å². The molecule has 2 aliphatic rings. The molecule has 12 aromatic rings. The molecule has 0 N–H and O–H groups in total. The van der Waals surface area contributed by atoms with E-state index in [1.54, 1.807) is 0 Å². The molecule has 0 heterocycles. The minimum absolute atomic E-state index is 0.0446. The van der Waals surface area contributed by atoms with Gasteiger partial charge in [-0.2, -0.15) is 0 Å². The molecule has 0 aromatic heterocycles. The van der Waals surface area contributed by atoms with Gasteiger partial charge in [0, 0.05) is 0 Å². The van der Waals surface area contributed by atoms with Crippen LogP contribution >= 0.6 is 0 Å². The number of esters is 4. The maximum absolute atomic E-state index is 12.6. The summed E-state index contributed by atoms with van der Waals surface area (Å²) in [7, 11) is 0. The smallest absolute Gasteiger partial charge is 0.309 e. The lowest BCUT2D eigenvalue weighted by Crippen LogP contribution is -2.36. The number of benzene rings is 12. The van der Waals surface area contributed by atoms with Gasteiger partial charge in [0.15, 0.2) is 0 Å². The molecule has 102 heavy (non-hydrogen) atoms. The molecule has 5 unspecified atom stereocenters. The zero-order valence-corrected chi connectivity index (χ0v) is 62.3. The second-order valence-electron chi connectivity index (χ2n) is 29.8. The highest BCUT2D eigenvalue weighted by molar-refractivity contribution is 6.02. The first kappa shape index (κ1) is 73.8. The monoisotopic (exact) mass is 1360 g/mol. The Labute approximate surface area is 604 Å². The van der Waals surface area contributed by atoms with Crippen molar-refractivity contribution in [3.63, 3.8) is 0 Å². The van der Waals surface area contributed by atoms with Crippen LogP contribution in [0.5, 0.6) is 0 Å². The normalized spacial score (nSPS) is 15.9. The average molecular weight is 1360 g/mol. The third-order valence-electron chi connectivity index (χ3n) is 22.3. The van der Waals surface area contributed by atoms with E-state index in [-0.39, 0.29) is 47.5 Å². The van der Waals surface area contributed by atoms with Crippen molar-refractivity contribution < 1.29 is 38.1 Å². The fourth-order valence-corrected chi connectivity index (χ4v) is 14.3. The Morgan fingerprint density at radius 3 is 0.912 bits per heavy atom. The second-order valence-corrected chi connectivity index (χ2v) is 29.8. The minimum Gasteiger partial charge on any atom is -0.455 e. The van der Waals surface area contributed by atoms with E-state index >= 15 is 0 Å². The SMILES string of the molecule is CCC(C)C(=O)OC(C)(C)c1ccc2cc3ccccc3cc2c1.CCC(C)C(=O)OC(C)(CC)c1ccc2cc3ccccc3cc2c1.CCC(C)C(=O)OC1(c2ccc3cc4ccccc4cc3c2)CCCC1.CCC(C)C(=O)OC1(c2ccc3cc4ccccc4cc3c2)CCCCC1. The molecule has 2 fully saturated rings. The van der Waals surface area contributed by atoms with Crippen LogP contribution in [0.25, 0.3) is 86.2 Å². The fraction of sp³-hybridized carbons (Fsp3) is 0.362. The van der Waals surface area contributed by atoms with Gasteiger partial charge in [-0.05, 0) is 285 Å². The highest BCUT2D eigenvalue weighted by atomic mass is 16.6. The first-order valence-electron chi connectivity index (χ1n) is 37.7. The van der Waals surface area contributed by atoms with Crippen LogP contribution in [-0.4, -0.2) is 23.9 Å². The number of ether oxygens (including phenoxy) is 4. The Kier molecular flexibility index (Phi) is 23.4. The van der Waals surface area contributed by atoms with E-state index in [1.165, 1.54) is 92.6 Å². The minimum atomic E-state index is -0.639. The van der Waals surface area contributed by atoms with Gasteiger partial charge >= 0.3 is 23.9 Å². The molecule has 5 atom stereocenters. The second kappa shape index (κ2) is 32.3. The number of rotatable bonds is 17. The van der Waals surface area contributed by atoms with Crippen LogP contribution in [0, 0.1) is 23.7 Å². The third kappa shape index (κ3) is 16.7. The van der Waals surface area contributed by atoms with Crippen molar-refractivity contribution in [1.29, 1.82) is 0 Å². The molecule has 12 aromatic carbocycles. The summed E-state index contributed by atoms with van der Waals surface area (Å²) in [6.45, 7) is 23.8. The van der Waals surface area contributed by atoms with Crippen molar-refractivity contribution in [1.82, 2.24) is 0 Å². The van der Waals surface area contributed by atoms with Crippen LogP contribution in [0.15, 0.2) is 218 Å². The molecule has 2 saturated carbocycles. The number of carbonyl (C=O) groups excluding carboxylic acids is 4. The maximum Gasteiger partial charge on any atom is 0.309 e. The number of hydrogen-bond donors (Lipinski definition) is 0. The molecule has 528 valence electrons. The van der Waals surface area contributed by atoms with Gasteiger partial charge in [0.2, 0.25) is 0 Å². The molecule has 14 rings (SSSR count). The molecule has 0 saturated heterocycles. The zero-order valence-electron chi connectivity index (χ0n) is 62.3. The highest BCUT2D eigenvalue weighted by Crippen LogP contribution is 2.46. The quantitative estimate of drug-likeness (QED) is 0.0504. The lowest BCUT2D eigenvalue weighted by Gasteiger charge is -2.38. The van der Waals surface area contributed by atoms with E-state index in [0.29, 0.717) is 0 Å². The number of hydrogen-bond acceptors (Lipinski definition) is 8. The largest absolute Gasteiger partial charge is 0.455 e. The van der Waals surface area contributed by atoms with E-state index in [9.17, 15) is 19.2 Å². The average Bonchev–Trinajstić information content (AvgIpc) is 1.10. The van der Waals surface area contributed by atoms with E-state index in [2.05, 4.69) is 225 Å². The molecule has 8 nitrogen and oxygen atoms in total. The third-order valence-corrected chi connectivity index (χ3v) is 22.3. The highest BCUT2D eigenvalue weighted by Gasteiger charge is 2.41. The van der Waals surface area contributed by atoms with Crippen molar-refractivity contribution in [3.05, 3.63) is 241 Å². The lowest BCUT2D eigenvalue weighted by atomic mass is 9.78. The van der Waals surface area contributed by atoms with Crippen LogP contribution in [0.2, 0.25) is 0 Å². The van der Waals surface area contributed by atoms with E-state index < -0.39 is 22.4 Å². The summed E-state index contributed by atoms with van der Waals surface area (Å²) in [4.78, 5) is 49.7. The van der Waals surface area contributed by atoms with Gasteiger partial charge in [-0.25, -0.2) is 0 Å². The Morgan fingerprint density at radius 2 is 0.578 bits per heavy atom. The number of carbonyl (C=O) groups is 4. The molecular formula is C94H104O8. The molecular weight excluding hydrogens is 1260 g/mol. The van der Waals surface area contributed by atoms with E-state index in [4.69, 9.17) is 18.9 Å². The molecule has 8 heteroatoms. The summed E-state index contributed by atoms with van der Waals surface area (Å²) in [5.41, 5.74) is 2.23. The summed E-state index contributed by atoms with van der Waals surface area (Å²) < 4.78 is 24.0. The molecule has 2 aliphatic carbocycles. The topological polar surface area (TPSA) is 105 Å². The fourth-order valence-electron chi connectivity index (χ4n) is 14.3. The molecule has 0 spiro atoms. The van der Waals surface area contributed by atoms with Gasteiger partial charge in [0.1, 0.15) is 22.4 Å². The Morgan fingerprint density at radius 1 is 0.314 bits per heavy atom. The predicted molar refractivity (Wildman–Crippen MR) is 424 cm³/mol. The summed E-state index contributed by atoms with van der Waals surface area (Å²) in [5.74, 6) is -0.619. The van der Waals surface area contributed by atoms with E-state index in [0.717, 1.165) is 106 Å². The summed E-state index contributed by atoms with van der Waals surface area (Å²) >= 11 is 0. The summed E-state index contributed by atoms with van der Waals surface area (Å²) in [6.07, 6.45) is 13.3. The van der Waals surface area contributed by atoms with E-state index in [1.807, 2.05) is 76.2 Å². The van der Waals surface area contributed by atoms with Gasteiger partial charge < -0.3 is 18.9 Å². The Balaban J connectivity index is 0.000000137. The predicted octanol–water partition coefficient (Wildman–Crippen LogP) is 25.1. The molecule has 0 bridgehead atoms. The molecule has 0 aliphatic heterocycles. The Bertz CT molecular complexity index is 4970. The van der Waals surface area contributed by atoms with Crippen molar-refractivity contribution in [2.75, 3.05) is 0 Å². The van der Waals surface area contributed by atoms with Crippen molar-refractivity contribution >= 4 is 110 Å². The standard InChI is InChI=1S/C25H28O2.C24H26O2.C23H26O2.C22H24O2/c1-3-18(2)24(26)27-25(13-7-4-8-14-25)23-12-11-21-15-19-9-5-6-10-20(19)16-22(21)17-23;1-3-17(2)23(25)26-24(12-6-7-13-24)22-11-10-20-14-18-8-4-5-9-19(18)15-21(20)16-22;1-5-16(3)22(24)25-23(4,6-2)21-12-11-19-13-17-9-7-8-10-18(17)14-20(19)15-21;1-5-15(2)21(23)24-22(3,4)20-11-10-18-12-16-8-6-7-9-17(16)13-19(18)14-20/h5-6,9-12,15-18H,3-4,7-8,13-14H2,1-2H3;4-5,8-11,14-17H,3,6-7,12-13H2,1-2H3;7-16H,5-6H2,1-4H3;6-15H,5H2,1-4H3.